The molecule has 4 amide bonds. The van der Waals surface area contributed by atoms with Crippen molar-refractivity contribution in [3.63, 3.8) is 0 Å². The predicted octanol–water partition coefficient (Wildman–Crippen LogP) is 1.40. The number of carbonyl (C=O) groups is 3. The summed E-state index contributed by atoms with van der Waals surface area (Å²) in [7, 11) is 0. The number of urea groups is 1. The van der Waals surface area contributed by atoms with Crippen molar-refractivity contribution in [3.05, 3.63) is 0 Å². The van der Waals surface area contributed by atoms with E-state index in [1.54, 1.807) is 0 Å². The van der Waals surface area contributed by atoms with Crippen LogP contribution in [0.3, 0.4) is 0 Å². The zero-order chi connectivity index (χ0) is 15.4. The van der Waals surface area contributed by atoms with Gasteiger partial charge >= 0.3 is 6.03 Å². The van der Waals surface area contributed by atoms with Crippen LogP contribution in [0.5, 0.6) is 0 Å². The van der Waals surface area contributed by atoms with E-state index >= 15 is 0 Å². The van der Waals surface area contributed by atoms with Gasteiger partial charge in [0, 0.05) is 6.04 Å². The fourth-order valence-corrected chi connectivity index (χ4v) is 3.02. The van der Waals surface area contributed by atoms with Crippen LogP contribution in [0.2, 0.25) is 0 Å². The smallest absolute Gasteiger partial charge is 0.325 e. The first-order chi connectivity index (χ1) is 9.97. The van der Waals surface area contributed by atoms with Crippen molar-refractivity contribution in [1.29, 1.82) is 0 Å². The Morgan fingerprint density at radius 3 is 2.57 bits per heavy atom. The molecule has 2 aliphatic rings. The summed E-state index contributed by atoms with van der Waals surface area (Å²) in [4.78, 5) is 37.0. The van der Waals surface area contributed by atoms with Crippen molar-refractivity contribution in [1.82, 2.24) is 15.5 Å². The fraction of sp³-hybridized carbons (Fsp3) is 0.800. The van der Waals surface area contributed by atoms with Crippen LogP contribution in [0, 0.1) is 5.92 Å². The van der Waals surface area contributed by atoms with Crippen LogP contribution in [-0.2, 0) is 9.59 Å². The Balaban J connectivity index is 1.85. The molecule has 0 spiro atoms. The minimum atomic E-state index is -0.486. The number of hydrogen-bond acceptors (Lipinski definition) is 3. The van der Waals surface area contributed by atoms with Crippen LogP contribution in [-0.4, -0.2) is 41.4 Å². The molecule has 0 aromatic rings. The van der Waals surface area contributed by atoms with Crippen molar-refractivity contribution in [3.8, 4) is 0 Å². The van der Waals surface area contributed by atoms with Crippen LogP contribution in [0.25, 0.3) is 0 Å². The highest BCUT2D eigenvalue weighted by molar-refractivity contribution is 6.06. The first-order valence-electron chi connectivity index (χ1n) is 7.88. The third-order valence-corrected chi connectivity index (χ3v) is 4.09. The summed E-state index contributed by atoms with van der Waals surface area (Å²) in [6.07, 6.45) is 6.06. The first-order valence-corrected chi connectivity index (χ1v) is 7.88. The van der Waals surface area contributed by atoms with Crippen molar-refractivity contribution < 1.29 is 14.4 Å². The molecular weight excluding hydrogens is 270 g/mol. The predicted molar refractivity (Wildman–Crippen MR) is 78.5 cm³/mol. The lowest BCUT2D eigenvalue weighted by molar-refractivity contribution is -0.132. The van der Waals surface area contributed by atoms with Crippen molar-refractivity contribution in [2.75, 3.05) is 6.54 Å². The maximum atomic E-state index is 12.1. The standard InChI is InChI=1S/C15H25N3O3/c1-10(2)8-12-14(20)18(15(21)17-12)9-13(19)16-11-6-4-3-5-7-11/h10-12H,3-9H2,1-2H3,(H,16,19)(H,17,21)/t12-/m1/s1. The topological polar surface area (TPSA) is 78.5 Å². The zero-order valence-corrected chi connectivity index (χ0v) is 12.9. The van der Waals surface area contributed by atoms with Crippen molar-refractivity contribution >= 4 is 17.8 Å². The molecule has 1 aliphatic carbocycles. The minimum Gasteiger partial charge on any atom is -0.352 e. The second-order valence-corrected chi connectivity index (χ2v) is 6.46. The molecule has 2 rings (SSSR count). The van der Waals surface area contributed by atoms with E-state index in [2.05, 4.69) is 10.6 Å². The molecule has 0 aromatic carbocycles. The van der Waals surface area contributed by atoms with Crippen LogP contribution >= 0.6 is 0 Å². The number of nitrogens with one attached hydrogen (secondary N) is 2. The van der Waals surface area contributed by atoms with Gasteiger partial charge in [0.1, 0.15) is 12.6 Å². The van der Waals surface area contributed by atoms with E-state index in [0.717, 1.165) is 30.6 Å². The summed E-state index contributed by atoms with van der Waals surface area (Å²) in [5.41, 5.74) is 0. The summed E-state index contributed by atoms with van der Waals surface area (Å²) in [5, 5.41) is 5.58. The highest BCUT2D eigenvalue weighted by atomic mass is 16.2. The molecule has 0 unspecified atom stereocenters. The van der Waals surface area contributed by atoms with Gasteiger partial charge in [-0.25, -0.2) is 4.79 Å². The molecule has 6 nitrogen and oxygen atoms in total. The quantitative estimate of drug-likeness (QED) is 0.753. The Kier molecular flexibility index (Phi) is 5.20. The maximum Gasteiger partial charge on any atom is 0.325 e. The molecule has 1 saturated carbocycles. The van der Waals surface area contributed by atoms with E-state index in [-0.39, 0.29) is 24.4 Å². The molecule has 1 heterocycles. The van der Waals surface area contributed by atoms with Gasteiger partial charge in [-0.2, -0.15) is 0 Å². The molecule has 0 aromatic heterocycles. The second-order valence-electron chi connectivity index (χ2n) is 6.46. The Hall–Kier alpha value is -1.59. The number of nitrogens with zero attached hydrogens (tertiary/aromatic N) is 1. The molecule has 0 radical (unpaired) electrons. The van der Waals surface area contributed by atoms with Crippen LogP contribution in [0.4, 0.5) is 4.79 Å². The van der Waals surface area contributed by atoms with Gasteiger partial charge in [0.25, 0.3) is 5.91 Å². The SMILES string of the molecule is CC(C)C[C@H]1NC(=O)N(CC(=O)NC2CCCCC2)C1=O. The average Bonchev–Trinajstić information content (AvgIpc) is 2.67. The average molecular weight is 295 g/mol. The number of imide groups is 1. The largest absolute Gasteiger partial charge is 0.352 e. The summed E-state index contributed by atoms with van der Waals surface area (Å²) in [6.45, 7) is 3.82. The number of rotatable bonds is 5. The van der Waals surface area contributed by atoms with Crippen molar-refractivity contribution in [2.24, 2.45) is 5.92 Å². The Morgan fingerprint density at radius 2 is 1.95 bits per heavy atom. The highest BCUT2D eigenvalue weighted by Gasteiger charge is 2.39. The molecule has 6 heteroatoms. The van der Waals surface area contributed by atoms with Crippen LogP contribution in [0.15, 0.2) is 0 Å². The minimum absolute atomic E-state index is 0.171. The van der Waals surface area contributed by atoms with Gasteiger partial charge in [-0.3, -0.25) is 14.5 Å². The number of amides is 4. The maximum absolute atomic E-state index is 12.1. The fourth-order valence-electron chi connectivity index (χ4n) is 3.02. The lowest BCUT2D eigenvalue weighted by Gasteiger charge is -2.23. The van der Waals surface area contributed by atoms with E-state index in [0.29, 0.717) is 12.3 Å². The highest BCUT2D eigenvalue weighted by Crippen LogP contribution is 2.18. The van der Waals surface area contributed by atoms with Gasteiger partial charge < -0.3 is 10.6 Å². The molecular formula is C15H25N3O3. The summed E-state index contributed by atoms with van der Waals surface area (Å²) < 4.78 is 0. The molecule has 2 fully saturated rings. The molecule has 2 N–H and O–H groups in total. The Bertz CT molecular complexity index is 416. The van der Waals surface area contributed by atoms with Gasteiger partial charge in [-0.1, -0.05) is 33.1 Å². The Labute approximate surface area is 125 Å². The zero-order valence-electron chi connectivity index (χ0n) is 12.9. The monoisotopic (exact) mass is 295 g/mol. The van der Waals surface area contributed by atoms with E-state index in [9.17, 15) is 14.4 Å². The third kappa shape index (κ3) is 4.19. The molecule has 118 valence electrons. The van der Waals surface area contributed by atoms with Gasteiger partial charge in [-0.15, -0.1) is 0 Å². The molecule has 1 aliphatic heterocycles. The van der Waals surface area contributed by atoms with Gasteiger partial charge in [-0.05, 0) is 25.2 Å². The number of hydrogen-bond donors (Lipinski definition) is 2. The van der Waals surface area contributed by atoms with Crippen LogP contribution < -0.4 is 10.6 Å². The van der Waals surface area contributed by atoms with E-state index in [1.165, 1.54) is 6.42 Å². The molecule has 1 saturated heterocycles. The molecule has 1 atom stereocenters. The Morgan fingerprint density at radius 1 is 1.29 bits per heavy atom. The van der Waals surface area contributed by atoms with Crippen LogP contribution in [0.1, 0.15) is 52.4 Å². The van der Waals surface area contributed by atoms with E-state index in [4.69, 9.17) is 0 Å². The van der Waals surface area contributed by atoms with Gasteiger partial charge in [0.05, 0.1) is 0 Å². The summed E-state index contributed by atoms with van der Waals surface area (Å²) >= 11 is 0. The van der Waals surface area contributed by atoms with Gasteiger partial charge in [0.15, 0.2) is 0 Å². The first kappa shape index (κ1) is 15.8. The second kappa shape index (κ2) is 6.91. The van der Waals surface area contributed by atoms with E-state index in [1.807, 2.05) is 13.8 Å². The summed E-state index contributed by atoms with van der Waals surface area (Å²) in [5.74, 6) is -0.210. The third-order valence-electron chi connectivity index (χ3n) is 4.09. The normalized spacial score (nSPS) is 23.6. The molecule has 0 bridgehead atoms. The molecule has 21 heavy (non-hydrogen) atoms. The van der Waals surface area contributed by atoms with Gasteiger partial charge in [0.2, 0.25) is 5.91 Å². The lowest BCUT2D eigenvalue weighted by atomic mass is 9.95. The van der Waals surface area contributed by atoms with Crippen molar-refractivity contribution in [2.45, 2.75) is 64.5 Å². The van der Waals surface area contributed by atoms with E-state index < -0.39 is 12.1 Å². The number of carbonyl (C=O) groups excluding carboxylic acids is 3. The summed E-state index contributed by atoms with van der Waals surface area (Å²) in [6, 6.07) is -0.747. The lowest BCUT2D eigenvalue weighted by Crippen LogP contribution is -2.45.